The molecule has 1 aliphatic rings. The summed E-state index contributed by atoms with van der Waals surface area (Å²) in [6, 6.07) is 0. The van der Waals surface area contributed by atoms with E-state index in [4.69, 9.17) is 9.47 Å². The van der Waals surface area contributed by atoms with Gasteiger partial charge in [0.05, 0.1) is 19.0 Å². The second kappa shape index (κ2) is 6.15. The second-order valence-corrected chi connectivity index (χ2v) is 6.18. The minimum atomic E-state index is -0.447. The third-order valence-corrected chi connectivity index (χ3v) is 3.13. The first-order valence-electron chi connectivity index (χ1n) is 7.03. The molecule has 1 amide bonds. The van der Waals surface area contributed by atoms with E-state index in [-0.39, 0.29) is 6.09 Å². The summed E-state index contributed by atoms with van der Waals surface area (Å²) in [5, 5.41) is 6.55. The van der Waals surface area contributed by atoms with Crippen molar-refractivity contribution < 1.29 is 14.3 Å². The third kappa shape index (κ3) is 4.43. The number of carbonyl (C=O) groups is 1. The molecule has 0 aliphatic carbocycles. The van der Waals surface area contributed by atoms with Crippen LogP contribution in [0.15, 0.2) is 12.4 Å². The quantitative estimate of drug-likeness (QED) is 0.924. The number of nitrogens with zero attached hydrogens (tertiary/aromatic N) is 2. The van der Waals surface area contributed by atoms with Gasteiger partial charge in [0.25, 0.3) is 0 Å². The highest BCUT2D eigenvalue weighted by molar-refractivity contribution is 5.68. The molecule has 1 N–H and O–H groups in total. The average Bonchev–Trinajstić information content (AvgIpc) is 2.88. The summed E-state index contributed by atoms with van der Waals surface area (Å²) in [6.45, 7) is 7.69. The number of amides is 1. The number of ether oxygens (including phenoxy) is 2. The lowest BCUT2D eigenvalue weighted by Crippen LogP contribution is -2.44. The molecule has 1 atom stereocenters. The molecule has 1 unspecified atom stereocenters. The average molecular weight is 281 g/mol. The van der Waals surface area contributed by atoms with E-state index in [0.29, 0.717) is 19.1 Å². The van der Waals surface area contributed by atoms with Crippen molar-refractivity contribution in [1.29, 1.82) is 0 Å². The summed E-state index contributed by atoms with van der Waals surface area (Å²) < 4.78 is 11.0. The largest absolute Gasteiger partial charge is 0.490 e. The van der Waals surface area contributed by atoms with Crippen LogP contribution in [0.25, 0.3) is 0 Å². The molecule has 0 radical (unpaired) electrons. The van der Waals surface area contributed by atoms with E-state index in [0.717, 1.165) is 25.1 Å². The lowest BCUT2D eigenvalue weighted by molar-refractivity contribution is 0.0139. The monoisotopic (exact) mass is 281 g/mol. The lowest BCUT2D eigenvalue weighted by atomic mass is 9.99. The molecule has 1 aromatic rings. The van der Waals surface area contributed by atoms with Gasteiger partial charge in [0.2, 0.25) is 0 Å². The van der Waals surface area contributed by atoms with Crippen LogP contribution in [0.1, 0.15) is 33.6 Å². The van der Waals surface area contributed by atoms with Gasteiger partial charge >= 0.3 is 6.09 Å². The number of hydrogen-bond acceptors (Lipinski definition) is 4. The van der Waals surface area contributed by atoms with Gasteiger partial charge < -0.3 is 14.4 Å². The van der Waals surface area contributed by atoms with E-state index < -0.39 is 5.60 Å². The van der Waals surface area contributed by atoms with Crippen molar-refractivity contribution in [1.82, 2.24) is 15.1 Å². The van der Waals surface area contributed by atoms with Crippen molar-refractivity contribution in [2.45, 2.75) is 39.2 Å². The molecule has 6 nitrogen and oxygen atoms in total. The van der Waals surface area contributed by atoms with Gasteiger partial charge in [-0.3, -0.25) is 5.10 Å². The predicted molar refractivity (Wildman–Crippen MR) is 74.6 cm³/mol. The Morgan fingerprint density at radius 2 is 2.35 bits per heavy atom. The summed E-state index contributed by atoms with van der Waals surface area (Å²) >= 11 is 0. The molecule has 2 heterocycles. The summed E-state index contributed by atoms with van der Waals surface area (Å²) in [7, 11) is 0. The number of likely N-dealkylation sites (tertiary alicyclic amines) is 1. The molecule has 0 saturated carbocycles. The number of piperidine rings is 1. The van der Waals surface area contributed by atoms with Gasteiger partial charge in [-0.25, -0.2) is 4.79 Å². The first-order valence-corrected chi connectivity index (χ1v) is 7.03. The van der Waals surface area contributed by atoms with Crippen molar-refractivity contribution in [3.63, 3.8) is 0 Å². The lowest BCUT2D eigenvalue weighted by Gasteiger charge is -2.33. The number of H-pyrrole nitrogens is 1. The zero-order valence-electron chi connectivity index (χ0n) is 12.4. The molecular formula is C14H23N3O3. The topological polar surface area (TPSA) is 67.4 Å². The smallest absolute Gasteiger partial charge is 0.410 e. The maximum absolute atomic E-state index is 12.0. The van der Waals surface area contributed by atoms with Crippen LogP contribution in [-0.4, -0.2) is 46.5 Å². The normalized spacial score (nSPS) is 19.8. The van der Waals surface area contributed by atoms with E-state index >= 15 is 0 Å². The summed E-state index contributed by atoms with van der Waals surface area (Å²) in [5.41, 5.74) is -0.447. The number of hydrogen-bond donors (Lipinski definition) is 1. The van der Waals surface area contributed by atoms with Gasteiger partial charge in [0.15, 0.2) is 5.75 Å². The van der Waals surface area contributed by atoms with E-state index in [1.807, 2.05) is 20.8 Å². The molecule has 0 aromatic carbocycles. The van der Waals surface area contributed by atoms with Gasteiger partial charge in [0.1, 0.15) is 5.60 Å². The zero-order chi connectivity index (χ0) is 14.6. The van der Waals surface area contributed by atoms with Gasteiger partial charge in [0, 0.05) is 19.0 Å². The Morgan fingerprint density at radius 1 is 1.55 bits per heavy atom. The Morgan fingerprint density at radius 3 is 3.00 bits per heavy atom. The van der Waals surface area contributed by atoms with E-state index in [2.05, 4.69) is 10.2 Å². The highest BCUT2D eigenvalue weighted by Crippen LogP contribution is 2.20. The fraction of sp³-hybridized carbons (Fsp3) is 0.714. The third-order valence-electron chi connectivity index (χ3n) is 3.13. The maximum Gasteiger partial charge on any atom is 0.410 e. The Bertz CT molecular complexity index is 425. The number of rotatable bonds is 3. The second-order valence-electron chi connectivity index (χ2n) is 6.18. The van der Waals surface area contributed by atoms with Crippen LogP contribution in [0.2, 0.25) is 0 Å². The van der Waals surface area contributed by atoms with Gasteiger partial charge in [-0.1, -0.05) is 0 Å². The first kappa shape index (κ1) is 14.7. The van der Waals surface area contributed by atoms with Crippen molar-refractivity contribution >= 4 is 6.09 Å². The number of carbonyl (C=O) groups excluding carboxylic acids is 1. The van der Waals surface area contributed by atoms with Crippen molar-refractivity contribution in [3.05, 3.63) is 12.4 Å². The number of aromatic amines is 1. The molecule has 20 heavy (non-hydrogen) atoms. The molecule has 1 saturated heterocycles. The SMILES string of the molecule is CC(C)(C)OC(=O)N1CCCC(COc2cn[nH]c2)C1. The van der Waals surface area contributed by atoms with Crippen LogP contribution in [-0.2, 0) is 4.74 Å². The molecule has 1 aliphatic heterocycles. The molecular weight excluding hydrogens is 258 g/mol. The molecule has 1 fully saturated rings. The molecule has 112 valence electrons. The highest BCUT2D eigenvalue weighted by atomic mass is 16.6. The van der Waals surface area contributed by atoms with Crippen LogP contribution < -0.4 is 4.74 Å². The van der Waals surface area contributed by atoms with Gasteiger partial charge in [-0.2, -0.15) is 5.10 Å². The van der Waals surface area contributed by atoms with Crippen LogP contribution >= 0.6 is 0 Å². The Balaban J connectivity index is 1.80. The fourth-order valence-electron chi connectivity index (χ4n) is 2.23. The highest BCUT2D eigenvalue weighted by Gasteiger charge is 2.27. The van der Waals surface area contributed by atoms with E-state index in [9.17, 15) is 4.79 Å². The number of aromatic nitrogens is 2. The van der Waals surface area contributed by atoms with Gasteiger partial charge in [-0.05, 0) is 33.6 Å². The van der Waals surface area contributed by atoms with Crippen LogP contribution in [0.4, 0.5) is 4.79 Å². The minimum absolute atomic E-state index is 0.231. The molecule has 1 aromatic heterocycles. The molecule has 0 bridgehead atoms. The Hall–Kier alpha value is -1.72. The van der Waals surface area contributed by atoms with Gasteiger partial charge in [-0.15, -0.1) is 0 Å². The summed E-state index contributed by atoms with van der Waals surface area (Å²) in [5.74, 6) is 1.07. The van der Waals surface area contributed by atoms with E-state index in [1.165, 1.54) is 0 Å². The standard InChI is InChI=1S/C14H23N3O3/c1-14(2,3)20-13(18)17-6-4-5-11(9-17)10-19-12-7-15-16-8-12/h7-8,11H,4-6,9-10H2,1-3H3,(H,15,16). The Labute approximate surface area is 119 Å². The minimum Gasteiger partial charge on any atom is -0.490 e. The first-order chi connectivity index (χ1) is 9.44. The molecule has 6 heteroatoms. The summed E-state index contributed by atoms with van der Waals surface area (Å²) in [6.07, 6.45) is 5.18. The van der Waals surface area contributed by atoms with Crippen molar-refractivity contribution in [3.8, 4) is 5.75 Å². The van der Waals surface area contributed by atoms with Crippen LogP contribution in [0.3, 0.4) is 0 Å². The van der Waals surface area contributed by atoms with Crippen LogP contribution in [0.5, 0.6) is 5.75 Å². The molecule has 2 rings (SSSR count). The molecule has 0 spiro atoms. The number of nitrogens with one attached hydrogen (secondary N) is 1. The predicted octanol–water partition coefficient (Wildman–Crippen LogP) is 2.44. The maximum atomic E-state index is 12.0. The van der Waals surface area contributed by atoms with Crippen molar-refractivity contribution in [2.75, 3.05) is 19.7 Å². The summed E-state index contributed by atoms with van der Waals surface area (Å²) in [4.78, 5) is 13.8. The zero-order valence-corrected chi connectivity index (χ0v) is 12.4. The van der Waals surface area contributed by atoms with Crippen LogP contribution in [0, 0.1) is 5.92 Å². The van der Waals surface area contributed by atoms with Crippen molar-refractivity contribution in [2.24, 2.45) is 5.92 Å². The fourth-order valence-corrected chi connectivity index (χ4v) is 2.23. The van der Waals surface area contributed by atoms with E-state index in [1.54, 1.807) is 17.3 Å². The Kier molecular flexibility index (Phi) is 4.52.